The summed E-state index contributed by atoms with van der Waals surface area (Å²) >= 11 is 0. The van der Waals surface area contributed by atoms with Crippen LogP contribution >= 0.6 is 0 Å². The zero-order chi connectivity index (χ0) is 17.3. The molecule has 0 aliphatic carbocycles. The van der Waals surface area contributed by atoms with E-state index in [0.29, 0.717) is 0 Å². The van der Waals surface area contributed by atoms with E-state index >= 15 is 0 Å². The van der Waals surface area contributed by atoms with Crippen molar-refractivity contribution < 1.29 is 26.4 Å². The van der Waals surface area contributed by atoms with Crippen molar-refractivity contribution in [3.05, 3.63) is 12.4 Å². The molecule has 2 heterocycles. The van der Waals surface area contributed by atoms with Gasteiger partial charge in [0.2, 0.25) is 15.9 Å². The minimum absolute atomic E-state index is 0.0232. The zero-order valence-corrected chi connectivity index (χ0v) is 13.3. The molecule has 0 radical (unpaired) electrons. The van der Waals surface area contributed by atoms with Crippen molar-refractivity contribution in [2.75, 3.05) is 26.2 Å². The van der Waals surface area contributed by atoms with Gasteiger partial charge in [-0.25, -0.2) is 8.42 Å². The summed E-state index contributed by atoms with van der Waals surface area (Å²) in [5, 5.41) is 3.81. The quantitative estimate of drug-likeness (QED) is 0.796. The fourth-order valence-electron chi connectivity index (χ4n) is 2.35. The van der Waals surface area contributed by atoms with E-state index in [0.717, 1.165) is 4.90 Å². The minimum atomic E-state index is -4.56. The first kappa shape index (κ1) is 17.7. The van der Waals surface area contributed by atoms with Gasteiger partial charge >= 0.3 is 6.18 Å². The summed E-state index contributed by atoms with van der Waals surface area (Å²) in [5.74, 6) is -1.03. The van der Waals surface area contributed by atoms with Gasteiger partial charge in [0, 0.05) is 39.4 Å². The number of hydrogen-bond donors (Lipinski definition) is 0. The molecule has 1 aliphatic rings. The Morgan fingerprint density at radius 3 is 2.52 bits per heavy atom. The summed E-state index contributed by atoms with van der Waals surface area (Å²) in [7, 11) is -2.18. The van der Waals surface area contributed by atoms with Crippen molar-refractivity contribution in [3.63, 3.8) is 0 Å². The standard InChI is InChI=1S/C12H17F3N4O3S/c1-17-9-10(8-16-17)23(21,22)19-4-2-3-18(5-6-19)11(20)7-12(13,14)15/h8-9H,2-7H2,1H3. The number of rotatable bonds is 3. The molecule has 0 N–H and O–H groups in total. The van der Waals surface area contributed by atoms with Gasteiger partial charge in [0.1, 0.15) is 11.3 Å². The summed E-state index contributed by atoms with van der Waals surface area (Å²) in [5.41, 5.74) is 0. The van der Waals surface area contributed by atoms with Gasteiger partial charge in [-0.1, -0.05) is 0 Å². The van der Waals surface area contributed by atoms with E-state index in [4.69, 9.17) is 0 Å². The highest BCUT2D eigenvalue weighted by molar-refractivity contribution is 7.89. The highest BCUT2D eigenvalue weighted by Gasteiger charge is 2.35. The normalized spacial score (nSPS) is 18.0. The summed E-state index contributed by atoms with van der Waals surface area (Å²) in [6.07, 6.45) is -3.24. The molecule has 0 unspecified atom stereocenters. The van der Waals surface area contributed by atoms with E-state index in [1.54, 1.807) is 7.05 Å². The van der Waals surface area contributed by atoms with Gasteiger partial charge < -0.3 is 4.90 Å². The third-order valence-corrected chi connectivity index (χ3v) is 5.33. The Morgan fingerprint density at radius 1 is 1.26 bits per heavy atom. The van der Waals surface area contributed by atoms with Crippen molar-refractivity contribution in [3.8, 4) is 0 Å². The fourth-order valence-corrected chi connectivity index (χ4v) is 3.80. The largest absolute Gasteiger partial charge is 0.397 e. The number of aromatic nitrogens is 2. The number of halogens is 3. The lowest BCUT2D eigenvalue weighted by molar-refractivity contribution is -0.161. The van der Waals surface area contributed by atoms with Crippen LogP contribution in [0.3, 0.4) is 0 Å². The number of carbonyl (C=O) groups excluding carboxylic acids is 1. The second-order valence-corrected chi connectivity index (χ2v) is 7.22. The maximum atomic E-state index is 12.4. The van der Waals surface area contributed by atoms with Crippen LogP contribution in [-0.4, -0.2) is 65.7 Å². The highest BCUT2D eigenvalue weighted by Crippen LogP contribution is 2.22. The van der Waals surface area contributed by atoms with Crippen molar-refractivity contribution >= 4 is 15.9 Å². The second-order valence-electron chi connectivity index (χ2n) is 5.28. The average Bonchev–Trinajstić information content (AvgIpc) is 2.72. The summed E-state index contributed by atoms with van der Waals surface area (Å²) in [6, 6.07) is 0. The topological polar surface area (TPSA) is 75.5 Å². The molecule has 0 spiro atoms. The van der Waals surface area contributed by atoms with Crippen molar-refractivity contribution in [1.29, 1.82) is 0 Å². The summed E-state index contributed by atoms with van der Waals surface area (Å²) in [4.78, 5) is 12.7. The van der Waals surface area contributed by atoms with Gasteiger partial charge in [-0.3, -0.25) is 9.48 Å². The van der Waals surface area contributed by atoms with E-state index in [1.807, 2.05) is 0 Å². The molecule has 0 aromatic carbocycles. The molecule has 1 saturated heterocycles. The molecule has 2 rings (SSSR count). The molecule has 0 saturated carbocycles. The Balaban J connectivity index is 2.05. The number of amides is 1. The van der Waals surface area contributed by atoms with Gasteiger partial charge in [0.25, 0.3) is 0 Å². The molecule has 1 aliphatic heterocycles. The molecule has 23 heavy (non-hydrogen) atoms. The number of aryl methyl sites for hydroxylation is 1. The van der Waals surface area contributed by atoms with Crippen molar-refractivity contribution in [1.82, 2.24) is 19.0 Å². The van der Waals surface area contributed by atoms with Crippen LogP contribution in [0.2, 0.25) is 0 Å². The van der Waals surface area contributed by atoms with Crippen LogP contribution in [0.4, 0.5) is 13.2 Å². The van der Waals surface area contributed by atoms with Crippen LogP contribution < -0.4 is 0 Å². The van der Waals surface area contributed by atoms with E-state index in [1.165, 1.54) is 21.4 Å². The lowest BCUT2D eigenvalue weighted by Crippen LogP contribution is -2.38. The number of sulfonamides is 1. The molecule has 1 fully saturated rings. The molecule has 11 heteroatoms. The monoisotopic (exact) mass is 354 g/mol. The molecule has 0 atom stereocenters. The van der Waals surface area contributed by atoms with Crippen molar-refractivity contribution in [2.24, 2.45) is 7.05 Å². The van der Waals surface area contributed by atoms with E-state index in [9.17, 15) is 26.4 Å². The van der Waals surface area contributed by atoms with Crippen molar-refractivity contribution in [2.45, 2.75) is 23.9 Å². The number of carbonyl (C=O) groups is 1. The third-order valence-electron chi connectivity index (χ3n) is 3.48. The lowest BCUT2D eigenvalue weighted by atomic mass is 10.3. The van der Waals surface area contributed by atoms with Crippen LogP contribution in [0.5, 0.6) is 0 Å². The third kappa shape index (κ3) is 4.44. The van der Waals surface area contributed by atoms with Crippen LogP contribution in [0.25, 0.3) is 0 Å². The number of nitrogens with zero attached hydrogens (tertiary/aromatic N) is 4. The Kier molecular flexibility index (Phi) is 4.99. The molecule has 1 aromatic heterocycles. The van der Waals surface area contributed by atoms with E-state index < -0.39 is 28.5 Å². The number of alkyl halides is 3. The minimum Gasteiger partial charge on any atom is -0.341 e. The first-order chi connectivity index (χ1) is 10.6. The second kappa shape index (κ2) is 6.48. The average molecular weight is 354 g/mol. The molecular weight excluding hydrogens is 337 g/mol. The molecule has 1 aromatic rings. The molecule has 1 amide bonds. The fraction of sp³-hybridized carbons (Fsp3) is 0.667. The Bertz CT molecular complexity index is 671. The van der Waals surface area contributed by atoms with E-state index in [2.05, 4.69) is 5.10 Å². The predicted octanol–water partition coefficient (Wildman–Crippen LogP) is 0.595. The van der Waals surface area contributed by atoms with Crippen LogP contribution in [0.1, 0.15) is 12.8 Å². The van der Waals surface area contributed by atoms with Gasteiger partial charge in [-0.2, -0.15) is 22.6 Å². The van der Waals surface area contributed by atoms with Crippen LogP contribution in [-0.2, 0) is 21.9 Å². The van der Waals surface area contributed by atoms with Gasteiger partial charge in [-0.05, 0) is 6.42 Å². The lowest BCUT2D eigenvalue weighted by Gasteiger charge is -2.22. The first-order valence-corrected chi connectivity index (χ1v) is 8.37. The highest BCUT2D eigenvalue weighted by atomic mass is 32.2. The smallest absolute Gasteiger partial charge is 0.341 e. The zero-order valence-electron chi connectivity index (χ0n) is 12.5. The van der Waals surface area contributed by atoms with Gasteiger partial charge in [0.05, 0.1) is 6.20 Å². The van der Waals surface area contributed by atoms with Crippen LogP contribution in [0.15, 0.2) is 17.3 Å². The first-order valence-electron chi connectivity index (χ1n) is 6.93. The number of hydrogen-bond acceptors (Lipinski definition) is 4. The van der Waals surface area contributed by atoms with Gasteiger partial charge in [0.15, 0.2) is 0 Å². The van der Waals surface area contributed by atoms with Gasteiger partial charge in [-0.15, -0.1) is 0 Å². The van der Waals surface area contributed by atoms with Crippen LogP contribution in [0, 0.1) is 0 Å². The molecular formula is C12H17F3N4O3S. The maximum Gasteiger partial charge on any atom is 0.397 e. The summed E-state index contributed by atoms with van der Waals surface area (Å²) in [6.45, 7) is 0.149. The molecule has 130 valence electrons. The molecule has 7 nitrogen and oxygen atoms in total. The molecule has 0 bridgehead atoms. The Morgan fingerprint density at radius 2 is 1.96 bits per heavy atom. The summed E-state index contributed by atoms with van der Waals surface area (Å²) < 4.78 is 64.3. The Hall–Kier alpha value is -1.62. The SMILES string of the molecule is Cn1cc(S(=O)(=O)N2CCCN(C(=O)CC(F)(F)F)CC2)cn1. The Labute approximate surface area is 131 Å². The van der Waals surface area contributed by atoms with E-state index in [-0.39, 0.29) is 37.5 Å². The maximum absolute atomic E-state index is 12.4. The predicted molar refractivity (Wildman–Crippen MR) is 73.8 cm³/mol.